The van der Waals surface area contributed by atoms with Gasteiger partial charge in [-0.25, -0.2) is 4.98 Å². The summed E-state index contributed by atoms with van der Waals surface area (Å²) in [5, 5.41) is 18.2. The SMILES string of the molecule is CSc1nc2ccnn2c(Nc2cccc(Cl)c2)c1C#N. The molecular formula is C14H10ClN5S. The second-order valence-electron chi connectivity index (χ2n) is 4.19. The Morgan fingerprint density at radius 2 is 2.24 bits per heavy atom. The van der Waals surface area contributed by atoms with Gasteiger partial charge in [0.15, 0.2) is 11.5 Å². The minimum atomic E-state index is 0.457. The quantitative estimate of drug-likeness (QED) is 0.589. The number of hydrogen-bond donors (Lipinski definition) is 1. The maximum absolute atomic E-state index is 9.45. The lowest BCUT2D eigenvalue weighted by atomic mass is 10.3. The van der Waals surface area contributed by atoms with Crippen LogP contribution in [0.15, 0.2) is 41.6 Å². The molecule has 7 heteroatoms. The van der Waals surface area contributed by atoms with Gasteiger partial charge in [-0.2, -0.15) is 14.9 Å². The monoisotopic (exact) mass is 315 g/mol. The van der Waals surface area contributed by atoms with Crippen molar-refractivity contribution in [2.75, 3.05) is 11.6 Å². The molecule has 0 aliphatic heterocycles. The van der Waals surface area contributed by atoms with Crippen LogP contribution in [0.4, 0.5) is 11.5 Å². The van der Waals surface area contributed by atoms with E-state index in [1.807, 2.05) is 18.4 Å². The first kappa shape index (κ1) is 13.7. The summed E-state index contributed by atoms with van der Waals surface area (Å²) in [6.45, 7) is 0. The van der Waals surface area contributed by atoms with Crippen LogP contribution in [0, 0.1) is 11.3 Å². The van der Waals surface area contributed by atoms with Gasteiger partial charge >= 0.3 is 0 Å². The number of benzene rings is 1. The van der Waals surface area contributed by atoms with Crippen molar-refractivity contribution < 1.29 is 0 Å². The largest absolute Gasteiger partial charge is 0.339 e. The van der Waals surface area contributed by atoms with E-state index in [1.165, 1.54) is 11.8 Å². The number of rotatable bonds is 3. The Hall–Kier alpha value is -2.23. The number of nitrogens with zero attached hydrogens (tertiary/aromatic N) is 4. The van der Waals surface area contributed by atoms with Crippen molar-refractivity contribution >= 4 is 40.5 Å². The second kappa shape index (κ2) is 5.64. The fourth-order valence-electron chi connectivity index (χ4n) is 1.99. The number of aromatic nitrogens is 3. The lowest BCUT2D eigenvalue weighted by molar-refractivity contribution is 0.917. The lowest BCUT2D eigenvalue weighted by Crippen LogP contribution is -2.06. The standard InChI is InChI=1S/C14H10ClN5S/c1-21-14-11(8-16)13(20-12(19-14)5-6-17-20)18-10-4-2-3-9(15)7-10/h2-7,18H,1H3. The molecule has 0 unspecified atom stereocenters. The normalized spacial score (nSPS) is 10.5. The zero-order chi connectivity index (χ0) is 14.8. The molecule has 0 spiro atoms. The van der Waals surface area contributed by atoms with Crippen LogP contribution in [0.5, 0.6) is 0 Å². The van der Waals surface area contributed by atoms with Crippen molar-refractivity contribution in [1.82, 2.24) is 14.6 Å². The number of thioether (sulfide) groups is 1. The molecule has 0 bridgehead atoms. The number of fused-ring (bicyclic) bond motifs is 1. The third-order valence-corrected chi connectivity index (χ3v) is 3.81. The van der Waals surface area contributed by atoms with Crippen LogP contribution < -0.4 is 5.32 Å². The fraction of sp³-hybridized carbons (Fsp3) is 0.0714. The Labute approximate surface area is 130 Å². The predicted octanol–water partition coefficient (Wildman–Crippen LogP) is 3.72. The van der Waals surface area contributed by atoms with E-state index < -0.39 is 0 Å². The molecule has 3 rings (SSSR count). The molecule has 3 aromatic rings. The number of halogens is 1. The van der Waals surface area contributed by atoms with Crippen molar-refractivity contribution in [2.24, 2.45) is 0 Å². The van der Waals surface area contributed by atoms with Gasteiger partial charge in [-0.15, -0.1) is 11.8 Å². The van der Waals surface area contributed by atoms with Gasteiger partial charge in [0.2, 0.25) is 0 Å². The molecule has 0 aliphatic carbocycles. The van der Waals surface area contributed by atoms with E-state index in [2.05, 4.69) is 21.5 Å². The topological polar surface area (TPSA) is 66.0 Å². The van der Waals surface area contributed by atoms with Crippen LogP contribution in [-0.2, 0) is 0 Å². The van der Waals surface area contributed by atoms with Crippen molar-refractivity contribution in [3.8, 4) is 6.07 Å². The predicted molar refractivity (Wildman–Crippen MR) is 84.2 cm³/mol. The van der Waals surface area contributed by atoms with Gasteiger partial charge in [0.05, 0.1) is 6.20 Å². The second-order valence-corrected chi connectivity index (χ2v) is 5.42. The summed E-state index contributed by atoms with van der Waals surface area (Å²) in [4.78, 5) is 4.42. The number of anilines is 2. The third-order valence-electron chi connectivity index (χ3n) is 2.89. The summed E-state index contributed by atoms with van der Waals surface area (Å²) in [5.74, 6) is 0.583. The zero-order valence-corrected chi connectivity index (χ0v) is 12.6. The molecule has 2 heterocycles. The summed E-state index contributed by atoms with van der Waals surface area (Å²) in [6.07, 6.45) is 3.54. The Bertz CT molecular complexity index is 852. The van der Waals surface area contributed by atoms with E-state index in [0.29, 0.717) is 27.1 Å². The highest BCUT2D eigenvalue weighted by Crippen LogP contribution is 2.28. The Morgan fingerprint density at radius 1 is 1.38 bits per heavy atom. The first-order valence-electron chi connectivity index (χ1n) is 6.07. The maximum atomic E-state index is 9.45. The van der Waals surface area contributed by atoms with Crippen LogP contribution in [-0.4, -0.2) is 20.9 Å². The van der Waals surface area contributed by atoms with E-state index in [-0.39, 0.29) is 0 Å². The minimum Gasteiger partial charge on any atom is -0.339 e. The molecule has 21 heavy (non-hydrogen) atoms. The summed E-state index contributed by atoms with van der Waals surface area (Å²) in [5.41, 5.74) is 1.93. The van der Waals surface area contributed by atoms with Crippen LogP contribution in [0.3, 0.4) is 0 Å². The van der Waals surface area contributed by atoms with E-state index >= 15 is 0 Å². The summed E-state index contributed by atoms with van der Waals surface area (Å²) >= 11 is 7.42. The van der Waals surface area contributed by atoms with E-state index in [1.54, 1.807) is 28.9 Å². The molecule has 1 aromatic carbocycles. The first-order chi connectivity index (χ1) is 10.2. The highest BCUT2D eigenvalue weighted by molar-refractivity contribution is 7.98. The van der Waals surface area contributed by atoms with Crippen LogP contribution in [0.25, 0.3) is 5.65 Å². The van der Waals surface area contributed by atoms with Crippen LogP contribution in [0.1, 0.15) is 5.56 Å². The summed E-state index contributed by atoms with van der Waals surface area (Å²) in [6, 6.07) is 11.3. The maximum Gasteiger partial charge on any atom is 0.158 e. The zero-order valence-electron chi connectivity index (χ0n) is 11.0. The van der Waals surface area contributed by atoms with Gasteiger partial charge in [0.25, 0.3) is 0 Å². The highest BCUT2D eigenvalue weighted by atomic mass is 35.5. The van der Waals surface area contributed by atoms with E-state index in [9.17, 15) is 5.26 Å². The number of nitrogens with one attached hydrogen (secondary N) is 1. The van der Waals surface area contributed by atoms with E-state index in [4.69, 9.17) is 11.6 Å². The molecule has 2 aromatic heterocycles. The van der Waals surface area contributed by atoms with E-state index in [0.717, 1.165) is 5.69 Å². The molecule has 0 atom stereocenters. The van der Waals surface area contributed by atoms with Crippen molar-refractivity contribution in [2.45, 2.75) is 5.03 Å². The molecule has 5 nitrogen and oxygen atoms in total. The number of hydrogen-bond acceptors (Lipinski definition) is 5. The molecule has 0 aliphatic rings. The average Bonchev–Trinajstić information content (AvgIpc) is 2.95. The summed E-state index contributed by atoms with van der Waals surface area (Å²) < 4.78 is 1.61. The molecule has 0 saturated heterocycles. The molecule has 104 valence electrons. The Morgan fingerprint density at radius 3 is 2.95 bits per heavy atom. The van der Waals surface area contributed by atoms with Crippen LogP contribution in [0.2, 0.25) is 5.02 Å². The van der Waals surface area contributed by atoms with Crippen molar-refractivity contribution in [3.63, 3.8) is 0 Å². The molecule has 1 N–H and O–H groups in total. The van der Waals surface area contributed by atoms with Gasteiger partial charge in [-0.05, 0) is 24.5 Å². The highest BCUT2D eigenvalue weighted by Gasteiger charge is 2.15. The van der Waals surface area contributed by atoms with Gasteiger partial charge in [-0.3, -0.25) is 0 Å². The minimum absolute atomic E-state index is 0.457. The van der Waals surface area contributed by atoms with Gasteiger partial charge in [0, 0.05) is 16.8 Å². The van der Waals surface area contributed by atoms with Crippen molar-refractivity contribution in [1.29, 1.82) is 5.26 Å². The summed E-state index contributed by atoms with van der Waals surface area (Å²) in [7, 11) is 0. The molecular weight excluding hydrogens is 306 g/mol. The van der Waals surface area contributed by atoms with Gasteiger partial charge in [-0.1, -0.05) is 17.7 Å². The van der Waals surface area contributed by atoms with Crippen LogP contribution >= 0.6 is 23.4 Å². The average molecular weight is 316 g/mol. The Balaban J connectivity index is 2.20. The molecule has 0 radical (unpaired) electrons. The van der Waals surface area contributed by atoms with Gasteiger partial charge in [0.1, 0.15) is 16.7 Å². The van der Waals surface area contributed by atoms with Gasteiger partial charge < -0.3 is 5.32 Å². The Kier molecular flexibility index (Phi) is 3.69. The fourth-order valence-corrected chi connectivity index (χ4v) is 2.71. The molecule has 0 fully saturated rings. The third kappa shape index (κ3) is 2.53. The number of nitriles is 1. The smallest absolute Gasteiger partial charge is 0.158 e. The molecule has 0 amide bonds. The first-order valence-corrected chi connectivity index (χ1v) is 7.67. The lowest BCUT2D eigenvalue weighted by Gasteiger charge is -2.12. The van der Waals surface area contributed by atoms with Crippen molar-refractivity contribution in [3.05, 3.63) is 47.1 Å². The molecule has 0 saturated carbocycles.